The third-order valence-corrected chi connectivity index (χ3v) is 2.89. The Labute approximate surface area is 135 Å². The van der Waals surface area contributed by atoms with Crippen molar-refractivity contribution >= 4 is 24.6 Å². The van der Waals surface area contributed by atoms with E-state index in [1.54, 1.807) is 32.9 Å². The second-order valence-corrected chi connectivity index (χ2v) is 6.04. The summed E-state index contributed by atoms with van der Waals surface area (Å²) in [6.45, 7) is 5.16. The van der Waals surface area contributed by atoms with E-state index in [2.05, 4.69) is 10.1 Å². The monoisotopic (exact) mass is 323 g/mol. The molecule has 0 fully saturated rings. The van der Waals surface area contributed by atoms with Gasteiger partial charge < -0.3 is 24.8 Å². The minimum atomic E-state index is -1.56. The van der Waals surface area contributed by atoms with Crippen molar-refractivity contribution in [1.29, 1.82) is 0 Å². The zero-order valence-electron chi connectivity index (χ0n) is 13.7. The first-order chi connectivity index (χ1) is 10.6. The van der Waals surface area contributed by atoms with Crippen molar-refractivity contribution in [2.75, 3.05) is 7.11 Å². The molecular weight excluding hydrogens is 301 g/mol. The van der Waals surface area contributed by atoms with E-state index < -0.39 is 30.8 Å². The summed E-state index contributed by atoms with van der Waals surface area (Å²) in [5.74, 6) is -0.595. The van der Waals surface area contributed by atoms with Crippen molar-refractivity contribution in [2.24, 2.45) is 0 Å². The summed E-state index contributed by atoms with van der Waals surface area (Å²) in [6, 6.07) is 5.44. The minimum Gasteiger partial charge on any atom is -0.467 e. The number of carbonyl (C=O) groups is 2. The molecule has 1 aromatic rings. The number of hydrogen-bond donors (Lipinski definition) is 3. The lowest BCUT2D eigenvalue weighted by molar-refractivity contribution is -0.143. The molecule has 0 spiro atoms. The van der Waals surface area contributed by atoms with Crippen LogP contribution in [-0.2, 0) is 20.7 Å². The summed E-state index contributed by atoms with van der Waals surface area (Å²) in [5, 5.41) is 20.6. The number of alkyl carbamates (subject to hydrolysis) is 1. The van der Waals surface area contributed by atoms with Gasteiger partial charge >= 0.3 is 19.2 Å². The number of carbonyl (C=O) groups excluding carboxylic acids is 2. The highest BCUT2D eigenvalue weighted by atomic mass is 16.6. The van der Waals surface area contributed by atoms with Crippen molar-refractivity contribution < 1.29 is 29.1 Å². The van der Waals surface area contributed by atoms with Crippen LogP contribution in [0.2, 0.25) is 0 Å². The van der Waals surface area contributed by atoms with Crippen LogP contribution in [0.5, 0.6) is 0 Å². The maximum absolute atomic E-state index is 11.8. The first-order valence-electron chi connectivity index (χ1n) is 7.14. The average Bonchev–Trinajstić information content (AvgIpc) is 2.44. The van der Waals surface area contributed by atoms with Gasteiger partial charge in [-0.2, -0.15) is 0 Å². The molecule has 1 aromatic carbocycles. The lowest BCUT2D eigenvalue weighted by Gasteiger charge is -2.22. The van der Waals surface area contributed by atoms with Crippen molar-refractivity contribution in [3.8, 4) is 0 Å². The molecular formula is C15H22BNO6. The van der Waals surface area contributed by atoms with Crippen LogP contribution < -0.4 is 10.8 Å². The maximum atomic E-state index is 11.8. The minimum absolute atomic E-state index is 0.188. The smallest absolute Gasteiger partial charge is 0.467 e. The predicted molar refractivity (Wildman–Crippen MR) is 85.1 cm³/mol. The van der Waals surface area contributed by atoms with Crippen LogP contribution >= 0.6 is 0 Å². The zero-order valence-corrected chi connectivity index (χ0v) is 13.7. The van der Waals surface area contributed by atoms with Gasteiger partial charge in [-0.3, -0.25) is 0 Å². The van der Waals surface area contributed by atoms with Gasteiger partial charge in [0.2, 0.25) is 0 Å². The van der Waals surface area contributed by atoms with Crippen molar-refractivity contribution in [1.82, 2.24) is 5.32 Å². The van der Waals surface area contributed by atoms with Crippen LogP contribution in [0.25, 0.3) is 0 Å². The zero-order chi connectivity index (χ0) is 17.6. The average molecular weight is 323 g/mol. The number of hydrogen-bond acceptors (Lipinski definition) is 6. The second kappa shape index (κ2) is 7.98. The van der Waals surface area contributed by atoms with Crippen LogP contribution in [0.4, 0.5) is 4.79 Å². The molecule has 7 nitrogen and oxygen atoms in total. The third kappa shape index (κ3) is 6.71. The Morgan fingerprint density at radius 1 is 1.22 bits per heavy atom. The summed E-state index contributed by atoms with van der Waals surface area (Å²) in [6.07, 6.45) is -0.524. The summed E-state index contributed by atoms with van der Waals surface area (Å²) in [4.78, 5) is 23.6. The Kier molecular flexibility index (Phi) is 6.59. The number of rotatable bonds is 5. The number of esters is 1. The summed E-state index contributed by atoms with van der Waals surface area (Å²) in [5.41, 5.74) is 0.383. The van der Waals surface area contributed by atoms with E-state index in [-0.39, 0.29) is 6.42 Å². The largest absolute Gasteiger partial charge is 0.488 e. The van der Waals surface area contributed by atoms with E-state index >= 15 is 0 Å². The number of amides is 1. The van der Waals surface area contributed by atoms with Gasteiger partial charge in [0.25, 0.3) is 0 Å². The molecule has 0 saturated carbocycles. The first-order valence-corrected chi connectivity index (χ1v) is 7.14. The molecule has 23 heavy (non-hydrogen) atoms. The van der Waals surface area contributed by atoms with E-state index in [9.17, 15) is 9.59 Å². The second-order valence-electron chi connectivity index (χ2n) is 6.04. The van der Waals surface area contributed by atoms with Crippen LogP contribution in [0.15, 0.2) is 24.3 Å². The highest BCUT2D eigenvalue weighted by Gasteiger charge is 2.25. The Balaban J connectivity index is 2.78. The van der Waals surface area contributed by atoms with Gasteiger partial charge in [0.05, 0.1) is 7.11 Å². The topological polar surface area (TPSA) is 105 Å². The molecule has 0 heterocycles. The molecule has 0 unspecified atom stereocenters. The Morgan fingerprint density at radius 3 is 2.22 bits per heavy atom. The fraction of sp³-hybridized carbons (Fsp3) is 0.467. The fourth-order valence-corrected chi connectivity index (χ4v) is 1.85. The Hall–Kier alpha value is -2.06. The fourth-order valence-electron chi connectivity index (χ4n) is 1.85. The molecule has 0 aliphatic rings. The van der Waals surface area contributed by atoms with E-state index in [1.807, 2.05) is 0 Å². The van der Waals surface area contributed by atoms with Crippen molar-refractivity contribution in [2.45, 2.75) is 38.8 Å². The Bertz CT molecular complexity index is 538. The van der Waals surface area contributed by atoms with Crippen LogP contribution in [0, 0.1) is 0 Å². The summed E-state index contributed by atoms with van der Waals surface area (Å²) >= 11 is 0. The first kappa shape index (κ1) is 19.0. The molecule has 0 saturated heterocycles. The van der Waals surface area contributed by atoms with Gasteiger partial charge in [-0.25, -0.2) is 9.59 Å². The van der Waals surface area contributed by atoms with Crippen molar-refractivity contribution in [3.05, 3.63) is 29.8 Å². The normalized spacial score (nSPS) is 12.3. The van der Waals surface area contributed by atoms with Crippen LogP contribution in [0.3, 0.4) is 0 Å². The molecule has 0 aliphatic heterocycles. The molecule has 0 aliphatic carbocycles. The quantitative estimate of drug-likeness (QED) is 0.519. The number of nitrogens with one attached hydrogen (secondary N) is 1. The molecule has 1 rings (SSSR count). The molecule has 1 amide bonds. The number of benzene rings is 1. The highest BCUT2D eigenvalue weighted by Crippen LogP contribution is 2.09. The van der Waals surface area contributed by atoms with Gasteiger partial charge in [0.1, 0.15) is 11.6 Å². The van der Waals surface area contributed by atoms with Gasteiger partial charge in [0.15, 0.2) is 0 Å². The molecule has 8 heteroatoms. The molecule has 3 N–H and O–H groups in total. The molecule has 1 atom stereocenters. The van der Waals surface area contributed by atoms with Gasteiger partial charge in [-0.1, -0.05) is 24.3 Å². The van der Waals surface area contributed by atoms with E-state index in [0.29, 0.717) is 5.46 Å². The lowest BCUT2D eigenvalue weighted by Crippen LogP contribution is -2.45. The molecule has 126 valence electrons. The van der Waals surface area contributed by atoms with Crippen LogP contribution in [-0.4, -0.2) is 48.0 Å². The molecule has 0 radical (unpaired) electrons. The number of ether oxygens (including phenoxy) is 2. The SMILES string of the molecule is COC(=O)[C@H](Cc1ccc(B(O)O)cc1)NC(=O)OC(C)(C)C. The highest BCUT2D eigenvalue weighted by molar-refractivity contribution is 6.58. The van der Waals surface area contributed by atoms with Crippen molar-refractivity contribution in [3.63, 3.8) is 0 Å². The summed E-state index contributed by atoms with van der Waals surface area (Å²) in [7, 11) is -0.322. The molecule has 0 bridgehead atoms. The standard InChI is InChI=1S/C15H22BNO6/c1-15(2,3)23-14(19)17-12(13(18)22-4)9-10-5-7-11(8-6-10)16(20)21/h5-8,12,20-21H,9H2,1-4H3,(H,17,19)/t12-/m0/s1. The van der Waals surface area contributed by atoms with E-state index in [0.717, 1.165) is 5.56 Å². The van der Waals surface area contributed by atoms with Gasteiger partial charge in [0, 0.05) is 6.42 Å². The third-order valence-electron chi connectivity index (χ3n) is 2.89. The van der Waals surface area contributed by atoms with Crippen LogP contribution in [0.1, 0.15) is 26.3 Å². The maximum Gasteiger partial charge on any atom is 0.488 e. The van der Waals surface area contributed by atoms with Gasteiger partial charge in [-0.15, -0.1) is 0 Å². The Morgan fingerprint density at radius 2 is 1.78 bits per heavy atom. The van der Waals surface area contributed by atoms with E-state index in [1.165, 1.54) is 19.2 Å². The molecule has 0 aromatic heterocycles. The lowest BCUT2D eigenvalue weighted by atomic mass is 9.80. The predicted octanol–water partition coefficient (Wildman–Crippen LogP) is -0.0248. The summed E-state index contributed by atoms with van der Waals surface area (Å²) < 4.78 is 9.82. The number of methoxy groups -OCH3 is 1. The van der Waals surface area contributed by atoms with E-state index in [4.69, 9.17) is 14.8 Å². The van der Waals surface area contributed by atoms with Gasteiger partial charge in [-0.05, 0) is 31.8 Å².